The van der Waals surface area contributed by atoms with Gasteiger partial charge in [0.25, 0.3) is 0 Å². The molecule has 0 fully saturated rings. The second-order valence-electron chi connectivity index (χ2n) is 8.40. The number of rotatable bonds is 7. The number of primary amides is 1. The van der Waals surface area contributed by atoms with Crippen LogP contribution < -0.4 is 11.1 Å². The molecule has 174 valence electrons. The van der Waals surface area contributed by atoms with E-state index in [2.05, 4.69) is 34.1 Å². The SMILES string of the molecule is CC(C)n1cnc2c(NCc3ccc(-c4cccnc4)nc3)nc(-c3ccc(C(N)=O)cc3)nc21. The lowest BCUT2D eigenvalue weighted by Crippen LogP contribution is -2.10. The van der Waals surface area contributed by atoms with Gasteiger partial charge in [0, 0.05) is 47.9 Å². The Kier molecular flexibility index (Phi) is 5.88. The molecule has 35 heavy (non-hydrogen) atoms. The monoisotopic (exact) mass is 464 g/mol. The Morgan fingerprint density at radius 3 is 2.49 bits per heavy atom. The molecule has 0 atom stereocenters. The molecular weight excluding hydrogens is 440 g/mol. The van der Waals surface area contributed by atoms with Gasteiger partial charge in [0.15, 0.2) is 17.3 Å². The number of nitrogens with one attached hydrogen (secondary N) is 1. The molecule has 0 unspecified atom stereocenters. The zero-order chi connectivity index (χ0) is 24.4. The Bertz CT molecular complexity index is 1480. The van der Waals surface area contributed by atoms with E-state index in [0.29, 0.717) is 29.3 Å². The molecule has 0 spiro atoms. The van der Waals surface area contributed by atoms with Crippen molar-refractivity contribution in [1.82, 2.24) is 29.5 Å². The number of aromatic nitrogens is 6. The number of nitrogens with zero attached hydrogens (tertiary/aromatic N) is 6. The molecule has 4 heterocycles. The number of hydrogen-bond acceptors (Lipinski definition) is 7. The van der Waals surface area contributed by atoms with Gasteiger partial charge in [-0.1, -0.05) is 18.2 Å². The minimum atomic E-state index is -0.476. The third kappa shape index (κ3) is 4.56. The van der Waals surface area contributed by atoms with Gasteiger partial charge in [-0.15, -0.1) is 0 Å². The Morgan fingerprint density at radius 2 is 1.83 bits per heavy atom. The highest BCUT2D eigenvalue weighted by Crippen LogP contribution is 2.26. The first kappa shape index (κ1) is 22.1. The molecule has 3 N–H and O–H groups in total. The van der Waals surface area contributed by atoms with Crippen molar-refractivity contribution in [1.29, 1.82) is 0 Å². The highest BCUT2D eigenvalue weighted by Gasteiger charge is 2.16. The summed E-state index contributed by atoms with van der Waals surface area (Å²) >= 11 is 0. The third-order valence-corrected chi connectivity index (χ3v) is 5.65. The van der Waals surface area contributed by atoms with Crippen molar-refractivity contribution in [3.05, 3.63) is 84.6 Å². The van der Waals surface area contributed by atoms with Crippen LogP contribution in [0.25, 0.3) is 33.8 Å². The Balaban J connectivity index is 1.46. The predicted molar refractivity (Wildman–Crippen MR) is 134 cm³/mol. The van der Waals surface area contributed by atoms with Crippen molar-refractivity contribution < 1.29 is 4.79 Å². The van der Waals surface area contributed by atoms with Crippen LogP contribution >= 0.6 is 0 Å². The number of fused-ring (bicyclic) bond motifs is 1. The molecule has 0 aliphatic carbocycles. The summed E-state index contributed by atoms with van der Waals surface area (Å²) in [6.07, 6.45) is 7.15. The van der Waals surface area contributed by atoms with E-state index >= 15 is 0 Å². The van der Waals surface area contributed by atoms with E-state index < -0.39 is 5.91 Å². The Hall–Kier alpha value is -4.66. The fourth-order valence-electron chi connectivity index (χ4n) is 3.73. The molecule has 9 nitrogen and oxygen atoms in total. The van der Waals surface area contributed by atoms with Gasteiger partial charge in [-0.2, -0.15) is 0 Å². The normalized spacial score (nSPS) is 11.2. The Labute approximate surface area is 202 Å². The lowest BCUT2D eigenvalue weighted by atomic mass is 10.1. The summed E-state index contributed by atoms with van der Waals surface area (Å²) in [6, 6.07) is 15.0. The van der Waals surface area contributed by atoms with Crippen molar-refractivity contribution in [2.45, 2.75) is 26.4 Å². The quantitative estimate of drug-likeness (QED) is 0.369. The van der Waals surface area contributed by atoms with E-state index in [-0.39, 0.29) is 6.04 Å². The van der Waals surface area contributed by atoms with Crippen molar-refractivity contribution in [2.75, 3.05) is 5.32 Å². The van der Waals surface area contributed by atoms with E-state index in [1.54, 1.807) is 43.0 Å². The van der Waals surface area contributed by atoms with Gasteiger partial charge in [0.2, 0.25) is 5.91 Å². The van der Waals surface area contributed by atoms with E-state index in [0.717, 1.165) is 28.0 Å². The molecule has 4 aromatic heterocycles. The number of pyridine rings is 2. The first-order chi connectivity index (χ1) is 17.0. The van der Waals surface area contributed by atoms with Crippen LogP contribution in [0.4, 0.5) is 5.82 Å². The summed E-state index contributed by atoms with van der Waals surface area (Å²) in [6.45, 7) is 4.67. The lowest BCUT2D eigenvalue weighted by molar-refractivity contribution is 0.100. The fraction of sp³-hybridized carbons (Fsp3) is 0.154. The number of nitrogens with two attached hydrogens (primary N) is 1. The van der Waals surface area contributed by atoms with Crippen molar-refractivity contribution in [2.24, 2.45) is 5.73 Å². The second kappa shape index (κ2) is 9.30. The molecule has 1 amide bonds. The number of imidazole rings is 1. The molecule has 5 aromatic rings. The summed E-state index contributed by atoms with van der Waals surface area (Å²) in [7, 11) is 0. The van der Waals surface area contributed by atoms with Gasteiger partial charge >= 0.3 is 0 Å². The van der Waals surface area contributed by atoms with E-state index in [1.165, 1.54) is 0 Å². The van der Waals surface area contributed by atoms with Gasteiger partial charge in [0.1, 0.15) is 5.52 Å². The van der Waals surface area contributed by atoms with Crippen LogP contribution in [0.1, 0.15) is 35.8 Å². The number of anilines is 1. The average Bonchev–Trinajstić information content (AvgIpc) is 3.33. The van der Waals surface area contributed by atoms with Gasteiger partial charge in [-0.25, -0.2) is 15.0 Å². The number of benzene rings is 1. The summed E-state index contributed by atoms with van der Waals surface area (Å²) < 4.78 is 2.01. The second-order valence-corrected chi connectivity index (χ2v) is 8.40. The fourth-order valence-corrected chi connectivity index (χ4v) is 3.73. The van der Waals surface area contributed by atoms with E-state index in [4.69, 9.17) is 15.7 Å². The number of amides is 1. The molecule has 5 rings (SSSR count). The Morgan fingerprint density at radius 1 is 1.00 bits per heavy atom. The minimum absolute atomic E-state index is 0.178. The predicted octanol–water partition coefficient (Wildman–Crippen LogP) is 4.24. The molecule has 0 saturated heterocycles. The van der Waals surface area contributed by atoms with Crippen molar-refractivity contribution >= 4 is 22.9 Å². The molecule has 9 heteroatoms. The maximum Gasteiger partial charge on any atom is 0.248 e. The number of hydrogen-bond donors (Lipinski definition) is 2. The molecule has 0 aliphatic heterocycles. The standard InChI is InChI=1S/C26H24N8O/c1-16(2)34-15-31-22-25(30-13-17-5-10-21(29-12-17)20-4-3-11-28-14-20)32-24(33-26(22)34)19-8-6-18(7-9-19)23(27)35/h3-12,14-16H,13H2,1-2H3,(H2,27,35)(H,30,32,33). The summed E-state index contributed by atoms with van der Waals surface area (Å²) in [4.78, 5) is 34.3. The van der Waals surface area contributed by atoms with Crippen molar-refractivity contribution in [3.8, 4) is 22.6 Å². The van der Waals surface area contributed by atoms with Crippen LogP contribution in [0.2, 0.25) is 0 Å². The van der Waals surface area contributed by atoms with Crippen LogP contribution in [0, 0.1) is 0 Å². The maximum atomic E-state index is 11.4. The highest BCUT2D eigenvalue weighted by atomic mass is 16.1. The molecule has 0 saturated carbocycles. The molecular formula is C26H24N8O. The lowest BCUT2D eigenvalue weighted by Gasteiger charge is -2.12. The number of carbonyl (C=O) groups excluding carboxylic acids is 1. The van der Waals surface area contributed by atoms with Crippen LogP contribution in [0.3, 0.4) is 0 Å². The van der Waals surface area contributed by atoms with Crippen LogP contribution in [-0.2, 0) is 6.54 Å². The maximum absolute atomic E-state index is 11.4. The van der Waals surface area contributed by atoms with Crippen LogP contribution in [0.5, 0.6) is 0 Å². The van der Waals surface area contributed by atoms with E-state index in [9.17, 15) is 4.79 Å². The largest absolute Gasteiger partial charge is 0.366 e. The summed E-state index contributed by atoms with van der Waals surface area (Å²) in [5.74, 6) is 0.680. The minimum Gasteiger partial charge on any atom is -0.366 e. The number of carbonyl (C=O) groups is 1. The first-order valence-corrected chi connectivity index (χ1v) is 11.2. The van der Waals surface area contributed by atoms with Gasteiger partial charge in [-0.05, 0) is 49.7 Å². The van der Waals surface area contributed by atoms with Gasteiger partial charge < -0.3 is 15.6 Å². The highest BCUT2D eigenvalue weighted by molar-refractivity contribution is 5.93. The third-order valence-electron chi connectivity index (χ3n) is 5.65. The zero-order valence-electron chi connectivity index (χ0n) is 19.4. The van der Waals surface area contributed by atoms with Gasteiger partial charge in [-0.3, -0.25) is 14.8 Å². The van der Waals surface area contributed by atoms with E-state index in [1.807, 2.05) is 35.0 Å². The first-order valence-electron chi connectivity index (χ1n) is 11.2. The smallest absolute Gasteiger partial charge is 0.248 e. The molecule has 0 aliphatic rings. The van der Waals surface area contributed by atoms with Gasteiger partial charge in [0.05, 0.1) is 12.0 Å². The molecule has 0 bridgehead atoms. The summed E-state index contributed by atoms with van der Waals surface area (Å²) in [5, 5.41) is 3.40. The average molecular weight is 465 g/mol. The van der Waals surface area contributed by atoms with Crippen LogP contribution in [0.15, 0.2) is 73.4 Å². The summed E-state index contributed by atoms with van der Waals surface area (Å²) in [5.41, 5.74) is 10.8. The molecule has 1 aromatic carbocycles. The topological polar surface area (TPSA) is 125 Å². The van der Waals surface area contributed by atoms with Crippen LogP contribution in [-0.4, -0.2) is 35.4 Å². The molecule has 0 radical (unpaired) electrons. The zero-order valence-corrected chi connectivity index (χ0v) is 19.4. The van der Waals surface area contributed by atoms with Crippen molar-refractivity contribution in [3.63, 3.8) is 0 Å².